The van der Waals surface area contributed by atoms with Crippen molar-refractivity contribution >= 4 is 11.4 Å². The second kappa shape index (κ2) is 6.38. The molecular weight excluding hydrogens is 337 g/mol. The van der Waals surface area contributed by atoms with Gasteiger partial charge in [0.1, 0.15) is 0 Å². The van der Waals surface area contributed by atoms with Gasteiger partial charge in [-0.1, -0.05) is 0 Å². The Kier molecular flexibility index (Phi) is 4.40. The summed E-state index contributed by atoms with van der Waals surface area (Å²) in [6.07, 6.45) is -1.55. The Hall–Kier alpha value is -2.58. The quantitative estimate of drug-likeness (QED) is 0.618. The fraction of sp³-hybridized carbons (Fsp3) is 0.438. The summed E-state index contributed by atoms with van der Waals surface area (Å²) in [6.45, 7) is 2.93. The third-order valence-corrected chi connectivity index (χ3v) is 4.41. The molecule has 6 nitrogen and oxygen atoms in total. The van der Waals surface area contributed by atoms with Crippen LogP contribution in [-0.2, 0) is 6.18 Å². The Morgan fingerprint density at radius 2 is 2.08 bits per heavy atom. The summed E-state index contributed by atoms with van der Waals surface area (Å²) in [6, 6.07) is 5.70. The van der Waals surface area contributed by atoms with Gasteiger partial charge in [-0.05, 0) is 38.0 Å². The largest absolute Gasteiger partial charge is 0.435 e. The molecule has 25 heavy (non-hydrogen) atoms. The number of hydrogen-bond donors (Lipinski definition) is 0. The van der Waals surface area contributed by atoms with Crippen LogP contribution in [0.2, 0.25) is 0 Å². The number of aryl methyl sites for hydroxylation is 1. The molecule has 0 radical (unpaired) electrons. The van der Waals surface area contributed by atoms with Crippen LogP contribution in [0.4, 0.5) is 24.5 Å². The highest BCUT2D eigenvalue weighted by molar-refractivity contribution is 5.55. The van der Waals surface area contributed by atoms with Gasteiger partial charge in [0.2, 0.25) is 0 Å². The molecule has 1 aliphatic rings. The zero-order valence-electron chi connectivity index (χ0n) is 13.5. The normalized spacial score (nSPS) is 18.4. The second-order valence-corrected chi connectivity index (χ2v) is 6.15. The lowest BCUT2D eigenvalue weighted by molar-refractivity contribution is -0.385. The lowest BCUT2D eigenvalue weighted by Crippen LogP contribution is -2.37. The lowest BCUT2D eigenvalue weighted by Gasteiger charge is -2.34. The average Bonchev–Trinajstić information content (AvgIpc) is 3.05. The number of anilines is 1. The molecule has 0 N–H and O–H groups in total. The van der Waals surface area contributed by atoms with Crippen molar-refractivity contribution in [1.29, 1.82) is 0 Å². The van der Waals surface area contributed by atoms with Crippen molar-refractivity contribution < 1.29 is 18.1 Å². The monoisotopic (exact) mass is 354 g/mol. The molecule has 0 spiro atoms. The van der Waals surface area contributed by atoms with Crippen LogP contribution in [0.25, 0.3) is 0 Å². The van der Waals surface area contributed by atoms with Gasteiger partial charge in [0.25, 0.3) is 5.69 Å². The molecule has 9 heteroatoms. The van der Waals surface area contributed by atoms with Gasteiger partial charge in [-0.3, -0.25) is 14.8 Å². The standard InChI is InChI=1S/C16H17F3N4O2/c1-11-9-12(4-5-14(11)23(24)25)21-7-2-3-13(10-21)22-8-6-15(20-22)16(17,18)19/h4-6,8-9,13H,2-3,7,10H2,1H3. The first-order valence-corrected chi connectivity index (χ1v) is 7.88. The maximum Gasteiger partial charge on any atom is 0.435 e. The Labute approximate surface area is 142 Å². The number of nitrogens with zero attached hydrogens (tertiary/aromatic N) is 4. The van der Waals surface area contributed by atoms with Gasteiger partial charge in [0.05, 0.1) is 11.0 Å². The van der Waals surface area contributed by atoms with E-state index in [0.29, 0.717) is 12.1 Å². The van der Waals surface area contributed by atoms with E-state index in [0.717, 1.165) is 31.1 Å². The minimum absolute atomic E-state index is 0.0548. The van der Waals surface area contributed by atoms with Crippen molar-refractivity contribution in [1.82, 2.24) is 9.78 Å². The van der Waals surface area contributed by atoms with Crippen molar-refractivity contribution in [2.24, 2.45) is 0 Å². The number of hydrogen-bond acceptors (Lipinski definition) is 4. The Morgan fingerprint density at radius 3 is 2.68 bits per heavy atom. The van der Waals surface area contributed by atoms with E-state index in [4.69, 9.17) is 0 Å². The van der Waals surface area contributed by atoms with Gasteiger partial charge in [0.15, 0.2) is 5.69 Å². The Morgan fingerprint density at radius 1 is 1.32 bits per heavy atom. The van der Waals surface area contributed by atoms with Crippen molar-refractivity contribution in [3.8, 4) is 0 Å². The van der Waals surface area contributed by atoms with Crippen LogP contribution in [-0.4, -0.2) is 27.8 Å². The molecule has 1 aromatic heterocycles. The number of halogens is 3. The number of benzene rings is 1. The Bertz CT molecular complexity index is 788. The maximum atomic E-state index is 12.7. The van der Waals surface area contributed by atoms with Gasteiger partial charge in [-0.15, -0.1) is 0 Å². The third kappa shape index (κ3) is 3.59. The molecule has 1 aliphatic heterocycles. The van der Waals surface area contributed by atoms with Gasteiger partial charge < -0.3 is 4.90 Å². The molecule has 1 atom stereocenters. The smallest absolute Gasteiger partial charge is 0.369 e. The fourth-order valence-corrected chi connectivity index (χ4v) is 3.14. The van der Waals surface area contributed by atoms with Gasteiger partial charge >= 0.3 is 6.18 Å². The molecular formula is C16H17F3N4O2. The highest BCUT2D eigenvalue weighted by Crippen LogP contribution is 2.31. The van der Waals surface area contributed by atoms with E-state index in [-0.39, 0.29) is 11.7 Å². The van der Waals surface area contributed by atoms with E-state index in [1.807, 2.05) is 4.90 Å². The molecule has 0 amide bonds. The number of nitro benzene ring substituents is 1. The van der Waals surface area contributed by atoms with E-state index < -0.39 is 16.8 Å². The topological polar surface area (TPSA) is 64.2 Å². The van der Waals surface area contributed by atoms with Crippen LogP contribution < -0.4 is 4.90 Å². The molecule has 3 rings (SSSR count). The molecule has 0 bridgehead atoms. The summed E-state index contributed by atoms with van der Waals surface area (Å²) in [5.74, 6) is 0. The molecule has 1 saturated heterocycles. The highest BCUT2D eigenvalue weighted by atomic mass is 19.4. The van der Waals surface area contributed by atoms with Crippen LogP contribution in [0.3, 0.4) is 0 Å². The molecule has 2 aromatic rings. The lowest BCUT2D eigenvalue weighted by atomic mass is 10.0. The SMILES string of the molecule is Cc1cc(N2CCCC(n3ccc(C(F)(F)F)n3)C2)ccc1[N+](=O)[O-]. The first kappa shape index (κ1) is 17.2. The van der Waals surface area contributed by atoms with Crippen LogP contribution in [0.5, 0.6) is 0 Å². The number of nitro groups is 1. The molecule has 2 heterocycles. The molecule has 0 aliphatic carbocycles. The van der Waals surface area contributed by atoms with E-state index >= 15 is 0 Å². The van der Waals surface area contributed by atoms with Crippen molar-refractivity contribution in [3.63, 3.8) is 0 Å². The molecule has 134 valence electrons. The van der Waals surface area contributed by atoms with Crippen LogP contribution in [0.15, 0.2) is 30.5 Å². The highest BCUT2D eigenvalue weighted by Gasteiger charge is 2.34. The van der Waals surface area contributed by atoms with E-state index in [1.54, 1.807) is 19.1 Å². The van der Waals surface area contributed by atoms with Crippen LogP contribution >= 0.6 is 0 Å². The molecule has 0 saturated carbocycles. The third-order valence-electron chi connectivity index (χ3n) is 4.41. The van der Waals surface area contributed by atoms with Crippen LogP contribution in [0, 0.1) is 17.0 Å². The van der Waals surface area contributed by atoms with E-state index in [9.17, 15) is 23.3 Å². The summed E-state index contributed by atoms with van der Waals surface area (Å²) in [5.41, 5.74) is 0.550. The minimum Gasteiger partial charge on any atom is -0.369 e. The average molecular weight is 354 g/mol. The van der Waals surface area contributed by atoms with Gasteiger partial charge in [-0.25, -0.2) is 0 Å². The number of aromatic nitrogens is 2. The Balaban J connectivity index is 1.78. The first-order valence-electron chi connectivity index (χ1n) is 7.88. The summed E-state index contributed by atoms with van der Waals surface area (Å²) < 4.78 is 39.5. The second-order valence-electron chi connectivity index (χ2n) is 6.15. The van der Waals surface area contributed by atoms with Crippen LogP contribution in [0.1, 0.15) is 30.1 Å². The zero-order valence-corrected chi connectivity index (χ0v) is 13.5. The zero-order chi connectivity index (χ0) is 18.2. The number of piperidine rings is 1. The number of rotatable bonds is 3. The van der Waals surface area contributed by atoms with Crippen molar-refractivity contribution in [3.05, 3.63) is 51.8 Å². The molecule has 1 fully saturated rings. The summed E-state index contributed by atoms with van der Waals surface area (Å²) in [4.78, 5) is 12.5. The summed E-state index contributed by atoms with van der Waals surface area (Å²) in [7, 11) is 0. The first-order chi connectivity index (χ1) is 11.8. The van der Waals surface area contributed by atoms with Crippen molar-refractivity contribution in [2.45, 2.75) is 32.0 Å². The molecule has 1 aromatic carbocycles. The number of alkyl halides is 3. The van der Waals surface area contributed by atoms with Gasteiger partial charge in [-0.2, -0.15) is 18.3 Å². The van der Waals surface area contributed by atoms with E-state index in [2.05, 4.69) is 5.10 Å². The fourth-order valence-electron chi connectivity index (χ4n) is 3.14. The predicted molar refractivity (Wildman–Crippen MR) is 85.5 cm³/mol. The summed E-state index contributed by atoms with van der Waals surface area (Å²) in [5, 5.41) is 14.6. The maximum absolute atomic E-state index is 12.7. The minimum atomic E-state index is -4.45. The van der Waals surface area contributed by atoms with E-state index in [1.165, 1.54) is 16.9 Å². The summed E-state index contributed by atoms with van der Waals surface area (Å²) >= 11 is 0. The molecule has 1 unspecified atom stereocenters. The van der Waals surface area contributed by atoms with Crippen molar-refractivity contribution in [2.75, 3.05) is 18.0 Å². The predicted octanol–water partition coefficient (Wildman–Crippen LogP) is 3.96. The van der Waals surface area contributed by atoms with Gasteiger partial charge in [0, 0.05) is 36.6 Å².